The van der Waals surface area contributed by atoms with E-state index in [0.29, 0.717) is 16.7 Å². The lowest BCUT2D eigenvalue weighted by Gasteiger charge is -2.17. The topological polar surface area (TPSA) is 43.4 Å². The van der Waals surface area contributed by atoms with Crippen LogP contribution < -0.4 is 0 Å². The first-order chi connectivity index (χ1) is 10.2. The number of carbonyl (C=O) groups is 2. The standard InChI is InChI=1S/C18H16O3/c1-3-12-9-11(10-13(4-2)21-12)16-17(19)14-7-5-6-8-15(14)18(16)20/h5-10H,3-4H2,1-2H3. The van der Waals surface area contributed by atoms with E-state index in [9.17, 15) is 9.59 Å². The number of hydrogen-bond donors (Lipinski definition) is 0. The molecule has 3 rings (SSSR count). The van der Waals surface area contributed by atoms with E-state index in [-0.39, 0.29) is 17.1 Å². The Morgan fingerprint density at radius 3 is 1.76 bits per heavy atom. The predicted octanol–water partition coefficient (Wildman–Crippen LogP) is 3.98. The van der Waals surface area contributed by atoms with E-state index >= 15 is 0 Å². The van der Waals surface area contributed by atoms with Gasteiger partial charge in [-0.2, -0.15) is 0 Å². The van der Waals surface area contributed by atoms with Crippen molar-refractivity contribution in [3.8, 4) is 0 Å². The van der Waals surface area contributed by atoms with Gasteiger partial charge in [0, 0.05) is 24.0 Å². The van der Waals surface area contributed by atoms with Gasteiger partial charge in [0.2, 0.25) is 0 Å². The van der Waals surface area contributed by atoms with E-state index in [1.807, 2.05) is 13.8 Å². The molecule has 0 atom stereocenters. The molecule has 21 heavy (non-hydrogen) atoms. The molecular formula is C18H16O3. The monoisotopic (exact) mass is 280 g/mol. The lowest BCUT2D eigenvalue weighted by molar-refractivity contribution is 0.0988. The lowest BCUT2D eigenvalue weighted by atomic mass is 10.00. The summed E-state index contributed by atoms with van der Waals surface area (Å²) in [7, 11) is 0. The summed E-state index contributed by atoms with van der Waals surface area (Å²) in [6.07, 6.45) is 5.05. The molecule has 1 aliphatic heterocycles. The van der Waals surface area contributed by atoms with Crippen LogP contribution in [0.2, 0.25) is 0 Å². The molecule has 0 amide bonds. The van der Waals surface area contributed by atoms with Gasteiger partial charge in [-0.25, -0.2) is 0 Å². The zero-order valence-electron chi connectivity index (χ0n) is 12.1. The number of rotatable bonds is 2. The molecule has 0 radical (unpaired) electrons. The Bertz CT molecular complexity index is 674. The van der Waals surface area contributed by atoms with Crippen LogP contribution in [-0.4, -0.2) is 11.6 Å². The summed E-state index contributed by atoms with van der Waals surface area (Å²) in [5.74, 6) is 1.19. The van der Waals surface area contributed by atoms with Crippen LogP contribution in [-0.2, 0) is 4.74 Å². The van der Waals surface area contributed by atoms with Crippen LogP contribution in [0.3, 0.4) is 0 Å². The minimum absolute atomic E-state index is 0.189. The molecule has 0 spiro atoms. The van der Waals surface area contributed by atoms with E-state index in [1.54, 1.807) is 36.4 Å². The van der Waals surface area contributed by atoms with Crippen molar-refractivity contribution in [2.45, 2.75) is 26.7 Å². The Morgan fingerprint density at radius 2 is 1.33 bits per heavy atom. The molecule has 0 saturated heterocycles. The Morgan fingerprint density at radius 1 is 0.857 bits per heavy atom. The van der Waals surface area contributed by atoms with Crippen LogP contribution in [0, 0.1) is 0 Å². The molecular weight excluding hydrogens is 264 g/mol. The summed E-state index contributed by atoms with van der Waals surface area (Å²) < 4.78 is 5.69. The molecule has 1 aliphatic carbocycles. The molecule has 0 saturated carbocycles. The lowest BCUT2D eigenvalue weighted by Crippen LogP contribution is -2.08. The van der Waals surface area contributed by atoms with Gasteiger partial charge >= 0.3 is 0 Å². The Kier molecular flexibility index (Phi) is 3.34. The normalized spacial score (nSPS) is 17.4. The van der Waals surface area contributed by atoms with E-state index in [2.05, 4.69) is 0 Å². The summed E-state index contributed by atoms with van der Waals surface area (Å²) in [5, 5.41) is 0. The maximum absolute atomic E-state index is 12.5. The molecule has 3 heteroatoms. The third kappa shape index (κ3) is 2.15. The van der Waals surface area contributed by atoms with Crippen LogP contribution >= 0.6 is 0 Å². The first-order valence-electron chi connectivity index (χ1n) is 7.17. The summed E-state index contributed by atoms with van der Waals surface area (Å²) in [6, 6.07) is 6.97. The number of carbonyl (C=O) groups excluding carboxylic acids is 2. The predicted molar refractivity (Wildman–Crippen MR) is 80.0 cm³/mol. The van der Waals surface area contributed by atoms with Gasteiger partial charge in [0.05, 0.1) is 5.57 Å². The van der Waals surface area contributed by atoms with Gasteiger partial charge in [0.15, 0.2) is 11.6 Å². The Balaban J connectivity index is 2.17. The quantitative estimate of drug-likeness (QED) is 0.608. The van der Waals surface area contributed by atoms with Crippen LogP contribution in [0.4, 0.5) is 0 Å². The van der Waals surface area contributed by atoms with Crippen LogP contribution in [0.1, 0.15) is 47.4 Å². The second-order valence-corrected chi connectivity index (χ2v) is 5.06. The van der Waals surface area contributed by atoms with Crippen molar-refractivity contribution in [2.75, 3.05) is 0 Å². The number of fused-ring (bicyclic) bond motifs is 1. The fourth-order valence-corrected chi connectivity index (χ4v) is 2.62. The van der Waals surface area contributed by atoms with Crippen molar-refractivity contribution < 1.29 is 14.3 Å². The molecule has 1 aromatic carbocycles. The largest absolute Gasteiger partial charge is 0.466 e. The first-order valence-corrected chi connectivity index (χ1v) is 7.17. The molecule has 106 valence electrons. The molecule has 0 aromatic heterocycles. The first kappa shape index (κ1) is 13.6. The smallest absolute Gasteiger partial charge is 0.198 e. The van der Waals surface area contributed by atoms with E-state index in [4.69, 9.17) is 4.74 Å². The van der Waals surface area contributed by atoms with Gasteiger partial charge in [-0.15, -0.1) is 0 Å². The van der Waals surface area contributed by atoms with Gasteiger partial charge in [-0.1, -0.05) is 38.1 Å². The highest BCUT2D eigenvalue weighted by Gasteiger charge is 2.35. The molecule has 3 nitrogen and oxygen atoms in total. The van der Waals surface area contributed by atoms with Crippen molar-refractivity contribution in [3.05, 3.63) is 70.2 Å². The third-order valence-electron chi connectivity index (χ3n) is 3.75. The van der Waals surface area contributed by atoms with Crippen molar-refractivity contribution >= 4 is 11.6 Å². The van der Waals surface area contributed by atoms with Crippen LogP contribution in [0.5, 0.6) is 0 Å². The van der Waals surface area contributed by atoms with Crippen molar-refractivity contribution in [3.63, 3.8) is 0 Å². The summed E-state index contributed by atoms with van der Waals surface area (Å²) >= 11 is 0. The highest BCUT2D eigenvalue weighted by atomic mass is 16.5. The fourth-order valence-electron chi connectivity index (χ4n) is 2.62. The number of benzene rings is 1. The van der Waals surface area contributed by atoms with Crippen molar-refractivity contribution in [1.82, 2.24) is 0 Å². The maximum Gasteiger partial charge on any atom is 0.198 e. The summed E-state index contributed by atoms with van der Waals surface area (Å²) in [4.78, 5) is 25.0. The number of ketones is 2. The SMILES string of the molecule is CCC1=CC(=C2C(=O)c3ccccc3C2=O)C=C(CC)O1. The van der Waals surface area contributed by atoms with Gasteiger partial charge in [-0.05, 0) is 17.7 Å². The molecule has 2 aliphatic rings. The molecule has 0 N–H and O–H groups in total. The van der Waals surface area contributed by atoms with Crippen molar-refractivity contribution in [1.29, 1.82) is 0 Å². The van der Waals surface area contributed by atoms with E-state index < -0.39 is 0 Å². The molecule has 0 fully saturated rings. The average molecular weight is 280 g/mol. The fraction of sp³-hybridized carbons (Fsp3) is 0.222. The van der Waals surface area contributed by atoms with E-state index in [0.717, 1.165) is 24.4 Å². The molecule has 0 unspecified atom stereocenters. The number of allylic oxidation sites excluding steroid dienone is 6. The second-order valence-electron chi connectivity index (χ2n) is 5.06. The number of hydrogen-bond acceptors (Lipinski definition) is 3. The van der Waals surface area contributed by atoms with Crippen molar-refractivity contribution in [2.24, 2.45) is 0 Å². The van der Waals surface area contributed by atoms with Crippen LogP contribution in [0.15, 0.2) is 59.1 Å². The Labute approximate surface area is 123 Å². The van der Waals surface area contributed by atoms with Gasteiger partial charge in [0.1, 0.15) is 11.5 Å². The number of Topliss-reactive ketones (excluding diaryl/α,β-unsaturated/α-hetero) is 2. The Hall–Kier alpha value is -2.42. The van der Waals surface area contributed by atoms with E-state index in [1.165, 1.54) is 0 Å². The highest BCUT2D eigenvalue weighted by Crippen LogP contribution is 2.32. The molecule has 1 aromatic rings. The minimum Gasteiger partial charge on any atom is -0.466 e. The molecule has 1 heterocycles. The average Bonchev–Trinajstić information content (AvgIpc) is 2.78. The highest BCUT2D eigenvalue weighted by molar-refractivity contribution is 6.40. The number of ether oxygens (including phenoxy) is 1. The van der Waals surface area contributed by atoms with Gasteiger partial charge in [0.25, 0.3) is 0 Å². The van der Waals surface area contributed by atoms with Gasteiger partial charge in [-0.3, -0.25) is 9.59 Å². The van der Waals surface area contributed by atoms with Gasteiger partial charge < -0.3 is 4.74 Å². The zero-order valence-corrected chi connectivity index (χ0v) is 12.1. The summed E-state index contributed by atoms with van der Waals surface area (Å²) in [5.41, 5.74) is 1.92. The zero-order chi connectivity index (χ0) is 15.0. The summed E-state index contributed by atoms with van der Waals surface area (Å²) in [6.45, 7) is 3.97. The van der Waals surface area contributed by atoms with Crippen LogP contribution in [0.25, 0.3) is 0 Å². The minimum atomic E-state index is -0.189. The second kappa shape index (κ2) is 5.17. The molecule has 0 bridgehead atoms. The maximum atomic E-state index is 12.5. The third-order valence-corrected chi connectivity index (χ3v) is 3.75.